The molecule has 29 heavy (non-hydrogen) atoms. The molecular weight excluding hydrogens is 362 g/mol. The first-order valence-corrected chi connectivity index (χ1v) is 9.77. The maximum atomic E-state index is 12.5. The second-order valence-electron chi connectivity index (χ2n) is 7.74. The highest BCUT2D eigenvalue weighted by Crippen LogP contribution is 2.16. The largest absolute Gasteiger partial charge is 0.468 e. The molecule has 0 aliphatic heterocycles. The number of hydrogen-bond donors (Lipinski definition) is 0. The lowest BCUT2D eigenvalue weighted by molar-refractivity contribution is 0.224. The molecule has 0 N–H and O–H groups in total. The zero-order valence-corrected chi connectivity index (χ0v) is 17.1. The minimum Gasteiger partial charge on any atom is -0.468 e. The first-order chi connectivity index (χ1) is 14.0. The molecule has 3 heterocycles. The molecular formula is C24H25N3O2. The highest BCUT2D eigenvalue weighted by molar-refractivity contribution is 5.41. The molecule has 1 aromatic carbocycles. The summed E-state index contributed by atoms with van der Waals surface area (Å²) in [4.78, 5) is 19.5. The lowest BCUT2D eigenvalue weighted by Crippen LogP contribution is -2.25. The van der Waals surface area contributed by atoms with Crippen molar-refractivity contribution in [1.82, 2.24) is 14.3 Å². The summed E-state index contributed by atoms with van der Waals surface area (Å²) < 4.78 is 7.15. The van der Waals surface area contributed by atoms with Gasteiger partial charge in [0, 0.05) is 25.4 Å². The monoisotopic (exact) mass is 387 g/mol. The summed E-state index contributed by atoms with van der Waals surface area (Å²) in [6.07, 6.45) is 3.47. The number of nitrogens with zero attached hydrogens (tertiary/aromatic N) is 3. The van der Waals surface area contributed by atoms with Crippen LogP contribution >= 0.6 is 0 Å². The Morgan fingerprint density at radius 3 is 2.45 bits per heavy atom. The Balaban J connectivity index is 1.65. The van der Waals surface area contributed by atoms with Crippen LogP contribution in [-0.2, 0) is 19.6 Å². The van der Waals surface area contributed by atoms with Crippen molar-refractivity contribution in [1.29, 1.82) is 0 Å². The van der Waals surface area contributed by atoms with Gasteiger partial charge >= 0.3 is 0 Å². The predicted molar refractivity (Wildman–Crippen MR) is 114 cm³/mol. The van der Waals surface area contributed by atoms with Crippen LogP contribution < -0.4 is 5.56 Å². The zero-order valence-electron chi connectivity index (χ0n) is 17.1. The molecule has 4 rings (SSSR count). The minimum atomic E-state index is -0.0608. The number of benzene rings is 1. The molecule has 0 bridgehead atoms. The fourth-order valence-electron chi connectivity index (χ4n) is 3.77. The average Bonchev–Trinajstić information content (AvgIpc) is 3.13. The molecule has 4 aromatic rings. The van der Waals surface area contributed by atoms with Gasteiger partial charge in [0.05, 0.1) is 18.5 Å². The number of hydrogen-bond acceptors (Lipinski definition) is 4. The van der Waals surface area contributed by atoms with Crippen LogP contribution in [0.15, 0.2) is 70.2 Å². The van der Waals surface area contributed by atoms with Gasteiger partial charge in [-0.2, -0.15) is 0 Å². The quantitative estimate of drug-likeness (QED) is 0.492. The Morgan fingerprint density at radius 1 is 0.931 bits per heavy atom. The van der Waals surface area contributed by atoms with Crippen LogP contribution in [0.25, 0.3) is 5.65 Å². The van der Waals surface area contributed by atoms with Gasteiger partial charge in [0.1, 0.15) is 11.4 Å². The van der Waals surface area contributed by atoms with Gasteiger partial charge in [-0.25, -0.2) is 4.98 Å². The number of fused-ring (bicyclic) bond motifs is 1. The Kier molecular flexibility index (Phi) is 5.32. The van der Waals surface area contributed by atoms with E-state index < -0.39 is 0 Å². The molecule has 0 aliphatic carbocycles. The smallest absolute Gasteiger partial charge is 0.258 e. The topological polar surface area (TPSA) is 50.8 Å². The van der Waals surface area contributed by atoms with Crippen molar-refractivity contribution in [3.8, 4) is 0 Å². The van der Waals surface area contributed by atoms with Gasteiger partial charge in [-0.1, -0.05) is 29.3 Å². The Morgan fingerprint density at radius 2 is 1.72 bits per heavy atom. The molecule has 148 valence electrons. The third kappa shape index (κ3) is 4.63. The van der Waals surface area contributed by atoms with E-state index in [4.69, 9.17) is 9.40 Å². The SMILES string of the molecule is Cc1cc(C)cc(CN(Cc2cc(=O)n3ccc(C)cc3n2)Cc2ccco2)c1. The molecule has 0 spiro atoms. The van der Waals surface area contributed by atoms with Crippen molar-refractivity contribution < 1.29 is 4.42 Å². The van der Waals surface area contributed by atoms with Crippen molar-refractivity contribution in [2.45, 2.75) is 40.4 Å². The molecule has 0 amide bonds. The van der Waals surface area contributed by atoms with E-state index in [-0.39, 0.29) is 5.56 Å². The summed E-state index contributed by atoms with van der Waals surface area (Å²) in [5, 5.41) is 0. The first-order valence-electron chi connectivity index (χ1n) is 9.77. The summed E-state index contributed by atoms with van der Waals surface area (Å²) in [7, 11) is 0. The van der Waals surface area contributed by atoms with E-state index in [1.165, 1.54) is 16.7 Å². The average molecular weight is 387 g/mol. The standard InChI is InChI=1S/C24H25N3O2/c1-17-6-7-27-23(12-17)25-21(13-24(27)28)15-26(16-22-5-4-8-29-22)14-20-10-18(2)9-19(3)11-20/h4-13H,14-16H2,1-3H3. The number of aromatic nitrogens is 2. The molecule has 0 radical (unpaired) electrons. The number of furan rings is 1. The van der Waals surface area contributed by atoms with Gasteiger partial charge in [-0.05, 0) is 56.2 Å². The summed E-state index contributed by atoms with van der Waals surface area (Å²) in [5.41, 5.74) is 6.19. The third-order valence-electron chi connectivity index (χ3n) is 4.91. The van der Waals surface area contributed by atoms with Crippen LogP contribution in [-0.4, -0.2) is 14.3 Å². The maximum absolute atomic E-state index is 12.5. The summed E-state index contributed by atoms with van der Waals surface area (Å²) >= 11 is 0. The highest BCUT2D eigenvalue weighted by Gasteiger charge is 2.13. The van der Waals surface area contributed by atoms with Crippen molar-refractivity contribution in [3.05, 3.63) is 105 Å². The van der Waals surface area contributed by atoms with E-state index >= 15 is 0 Å². The van der Waals surface area contributed by atoms with Crippen molar-refractivity contribution in [2.24, 2.45) is 0 Å². The number of aryl methyl sites for hydroxylation is 3. The molecule has 0 saturated carbocycles. The normalized spacial score (nSPS) is 11.4. The van der Waals surface area contributed by atoms with Crippen LogP contribution in [0.3, 0.4) is 0 Å². The molecule has 5 nitrogen and oxygen atoms in total. The summed E-state index contributed by atoms with van der Waals surface area (Å²) in [6.45, 7) is 8.19. The Labute approximate surface area is 170 Å². The molecule has 0 fully saturated rings. The molecule has 0 atom stereocenters. The van der Waals surface area contributed by atoms with Crippen molar-refractivity contribution in [3.63, 3.8) is 0 Å². The van der Waals surface area contributed by atoms with E-state index in [9.17, 15) is 4.79 Å². The lowest BCUT2D eigenvalue weighted by atomic mass is 10.1. The first kappa shape index (κ1) is 19.2. The molecule has 0 aliphatic rings. The molecule has 0 unspecified atom stereocenters. The number of pyridine rings is 1. The molecule has 3 aromatic heterocycles. The summed E-state index contributed by atoms with van der Waals surface area (Å²) in [5.74, 6) is 0.891. The van der Waals surface area contributed by atoms with E-state index in [1.807, 2.05) is 31.2 Å². The zero-order chi connectivity index (χ0) is 20.4. The fourth-order valence-corrected chi connectivity index (χ4v) is 3.77. The molecule has 0 saturated heterocycles. The van der Waals surface area contributed by atoms with Gasteiger partial charge in [0.15, 0.2) is 0 Å². The van der Waals surface area contributed by atoms with E-state index in [2.05, 4.69) is 36.9 Å². The van der Waals surface area contributed by atoms with E-state index in [0.29, 0.717) is 18.7 Å². The second-order valence-corrected chi connectivity index (χ2v) is 7.74. The van der Waals surface area contributed by atoms with Gasteiger partial charge in [0.2, 0.25) is 0 Å². The predicted octanol–water partition coefficient (Wildman–Crippen LogP) is 4.42. The maximum Gasteiger partial charge on any atom is 0.258 e. The van der Waals surface area contributed by atoms with E-state index in [1.54, 1.807) is 22.9 Å². The Bertz CT molecular complexity index is 1170. The Hall–Kier alpha value is -3.18. The second kappa shape index (κ2) is 8.05. The van der Waals surface area contributed by atoms with Crippen LogP contribution in [0, 0.1) is 20.8 Å². The van der Waals surface area contributed by atoms with Crippen molar-refractivity contribution in [2.75, 3.05) is 0 Å². The third-order valence-corrected chi connectivity index (χ3v) is 4.91. The lowest BCUT2D eigenvalue weighted by Gasteiger charge is -2.22. The number of rotatable bonds is 6. The van der Waals surface area contributed by atoms with Crippen LogP contribution in [0.1, 0.15) is 33.7 Å². The summed E-state index contributed by atoms with van der Waals surface area (Å²) in [6, 6.07) is 15.9. The highest BCUT2D eigenvalue weighted by atomic mass is 16.3. The minimum absolute atomic E-state index is 0.0608. The van der Waals surface area contributed by atoms with Gasteiger partial charge in [-0.3, -0.25) is 14.1 Å². The van der Waals surface area contributed by atoms with Gasteiger partial charge in [-0.15, -0.1) is 0 Å². The van der Waals surface area contributed by atoms with E-state index in [0.717, 1.165) is 23.6 Å². The van der Waals surface area contributed by atoms with Crippen molar-refractivity contribution >= 4 is 5.65 Å². The van der Waals surface area contributed by atoms with Gasteiger partial charge < -0.3 is 4.42 Å². The molecule has 5 heteroatoms. The van der Waals surface area contributed by atoms with Gasteiger partial charge in [0.25, 0.3) is 5.56 Å². The van der Waals surface area contributed by atoms with Crippen LogP contribution in [0.5, 0.6) is 0 Å². The van der Waals surface area contributed by atoms with Crippen LogP contribution in [0.4, 0.5) is 0 Å². The fraction of sp³-hybridized carbons (Fsp3) is 0.250. The van der Waals surface area contributed by atoms with Crippen LogP contribution in [0.2, 0.25) is 0 Å².